The fraction of sp³-hybridized carbons (Fsp3) is 0.222. The SMILES string of the molecule is CC(=O)c1cc(Cl)c(Cl)cc1OC(F)(F)Br. The summed E-state index contributed by atoms with van der Waals surface area (Å²) in [5, 5.41) is -3.45. The summed E-state index contributed by atoms with van der Waals surface area (Å²) in [7, 11) is 0. The number of halogens is 5. The molecule has 0 aliphatic carbocycles. The van der Waals surface area contributed by atoms with E-state index in [0.29, 0.717) is 0 Å². The van der Waals surface area contributed by atoms with E-state index in [2.05, 4.69) is 4.74 Å². The van der Waals surface area contributed by atoms with Crippen molar-refractivity contribution in [1.82, 2.24) is 0 Å². The van der Waals surface area contributed by atoms with E-state index in [4.69, 9.17) is 23.2 Å². The molecule has 0 atom stereocenters. The first-order valence-corrected chi connectivity index (χ1v) is 5.51. The Bertz CT molecular complexity index is 432. The van der Waals surface area contributed by atoms with Gasteiger partial charge in [-0.3, -0.25) is 4.79 Å². The van der Waals surface area contributed by atoms with Crippen LogP contribution in [0.1, 0.15) is 17.3 Å². The van der Waals surface area contributed by atoms with Gasteiger partial charge >= 0.3 is 5.02 Å². The fourth-order valence-corrected chi connectivity index (χ4v) is 1.50. The third-order valence-corrected chi connectivity index (χ3v) is 2.51. The number of hydrogen-bond acceptors (Lipinski definition) is 2. The molecule has 0 spiro atoms. The molecule has 0 radical (unpaired) electrons. The van der Waals surface area contributed by atoms with E-state index in [1.807, 2.05) is 15.9 Å². The number of carbonyl (C=O) groups is 1. The Morgan fingerprint density at radius 1 is 1.38 bits per heavy atom. The molecular weight excluding hydrogens is 329 g/mol. The predicted molar refractivity (Wildman–Crippen MR) is 61.0 cm³/mol. The molecule has 0 amide bonds. The van der Waals surface area contributed by atoms with Gasteiger partial charge < -0.3 is 4.74 Å². The highest BCUT2D eigenvalue weighted by Crippen LogP contribution is 2.35. The van der Waals surface area contributed by atoms with Gasteiger partial charge in [-0.2, -0.15) is 8.78 Å². The van der Waals surface area contributed by atoms with E-state index >= 15 is 0 Å². The molecule has 1 aromatic rings. The van der Waals surface area contributed by atoms with Gasteiger partial charge in [0.1, 0.15) is 5.75 Å². The molecule has 0 aliphatic rings. The van der Waals surface area contributed by atoms with Gasteiger partial charge in [0.05, 0.1) is 15.6 Å². The van der Waals surface area contributed by atoms with E-state index in [1.165, 1.54) is 13.0 Å². The van der Waals surface area contributed by atoms with Crippen molar-refractivity contribution in [3.8, 4) is 5.75 Å². The van der Waals surface area contributed by atoms with Crippen molar-refractivity contribution < 1.29 is 18.3 Å². The molecular formula is C9H5BrCl2F2O2. The maximum Gasteiger partial charge on any atom is 0.459 e. The van der Waals surface area contributed by atoms with Gasteiger partial charge in [-0.25, -0.2) is 0 Å². The van der Waals surface area contributed by atoms with Gasteiger partial charge in [-0.05, 0) is 13.0 Å². The topological polar surface area (TPSA) is 26.3 Å². The van der Waals surface area contributed by atoms with Crippen LogP contribution in [0.2, 0.25) is 10.0 Å². The minimum atomic E-state index is -3.58. The van der Waals surface area contributed by atoms with E-state index < -0.39 is 10.8 Å². The highest BCUT2D eigenvalue weighted by atomic mass is 79.9. The van der Waals surface area contributed by atoms with Crippen molar-refractivity contribution in [3.05, 3.63) is 27.7 Å². The Morgan fingerprint density at radius 2 is 1.88 bits per heavy atom. The highest BCUT2D eigenvalue weighted by molar-refractivity contribution is 9.09. The Morgan fingerprint density at radius 3 is 2.31 bits per heavy atom. The average Bonchev–Trinajstić information content (AvgIpc) is 2.07. The number of hydrogen-bond donors (Lipinski definition) is 0. The monoisotopic (exact) mass is 332 g/mol. The highest BCUT2D eigenvalue weighted by Gasteiger charge is 2.29. The van der Waals surface area contributed by atoms with Crippen molar-refractivity contribution >= 4 is 44.9 Å². The molecule has 0 heterocycles. The van der Waals surface area contributed by atoms with Gasteiger partial charge in [0.25, 0.3) is 0 Å². The molecule has 7 heteroatoms. The summed E-state index contributed by atoms with van der Waals surface area (Å²) in [6, 6.07) is 2.25. The summed E-state index contributed by atoms with van der Waals surface area (Å²) in [6.07, 6.45) is 0. The molecule has 1 aromatic carbocycles. The third-order valence-electron chi connectivity index (χ3n) is 1.63. The van der Waals surface area contributed by atoms with Crippen molar-refractivity contribution in [1.29, 1.82) is 0 Å². The van der Waals surface area contributed by atoms with E-state index in [-0.39, 0.29) is 21.4 Å². The van der Waals surface area contributed by atoms with Crippen LogP contribution in [0.25, 0.3) is 0 Å². The summed E-state index contributed by atoms with van der Waals surface area (Å²) >= 11 is 13.3. The van der Waals surface area contributed by atoms with Crippen molar-refractivity contribution in [2.75, 3.05) is 0 Å². The number of benzene rings is 1. The van der Waals surface area contributed by atoms with Crippen LogP contribution >= 0.6 is 39.1 Å². The Balaban J connectivity index is 3.25. The summed E-state index contributed by atoms with van der Waals surface area (Å²) < 4.78 is 29.4. The van der Waals surface area contributed by atoms with E-state index in [1.54, 1.807) is 0 Å². The van der Waals surface area contributed by atoms with E-state index in [9.17, 15) is 13.6 Å². The van der Waals surface area contributed by atoms with Gasteiger partial charge in [0, 0.05) is 22.0 Å². The summed E-state index contributed by atoms with van der Waals surface area (Å²) in [5.41, 5.74) is -0.0616. The first kappa shape index (κ1) is 13.7. The number of carbonyl (C=O) groups excluding carboxylic acids is 1. The summed E-state index contributed by atoms with van der Waals surface area (Å²) in [6.45, 7) is 1.21. The lowest BCUT2D eigenvalue weighted by Gasteiger charge is -2.14. The number of Topliss-reactive ketones (excluding diaryl/α,β-unsaturated/α-hetero) is 1. The molecule has 0 bridgehead atoms. The largest absolute Gasteiger partial charge is 0.459 e. The Hall–Kier alpha value is -0.390. The standard InChI is InChI=1S/C9H5BrCl2F2O2/c1-4(15)5-2-6(11)7(12)3-8(5)16-9(10,13)14/h2-3H,1H3. The summed E-state index contributed by atoms with van der Waals surface area (Å²) in [4.78, 5) is 11.2. The van der Waals surface area contributed by atoms with Crippen LogP contribution in [0.15, 0.2) is 12.1 Å². The first-order chi connectivity index (χ1) is 7.20. The molecule has 0 aromatic heterocycles. The molecule has 2 nitrogen and oxygen atoms in total. The molecule has 16 heavy (non-hydrogen) atoms. The molecule has 0 saturated heterocycles. The lowest BCUT2D eigenvalue weighted by atomic mass is 10.1. The van der Waals surface area contributed by atoms with Crippen molar-refractivity contribution in [3.63, 3.8) is 0 Å². The van der Waals surface area contributed by atoms with Gasteiger partial charge in [-0.15, -0.1) is 0 Å². The second-order valence-corrected chi connectivity index (χ2v) is 4.60. The number of ether oxygens (including phenoxy) is 1. The molecule has 0 unspecified atom stereocenters. The normalized spacial score (nSPS) is 11.4. The lowest BCUT2D eigenvalue weighted by molar-refractivity contribution is -0.0805. The van der Waals surface area contributed by atoms with Crippen LogP contribution in [0.3, 0.4) is 0 Å². The smallest absolute Gasteiger partial charge is 0.423 e. The zero-order valence-corrected chi connectivity index (χ0v) is 11.0. The molecule has 0 saturated carbocycles. The predicted octanol–water partition coefficient (Wildman–Crippen LogP) is 4.52. The Labute approximate surface area is 109 Å². The molecule has 1 rings (SSSR count). The molecule has 0 N–H and O–H groups in total. The van der Waals surface area contributed by atoms with Crippen LogP contribution < -0.4 is 4.74 Å². The average molecular weight is 334 g/mol. The lowest BCUT2D eigenvalue weighted by Crippen LogP contribution is -2.16. The quantitative estimate of drug-likeness (QED) is 0.600. The van der Waals surface area contributed by atoms with Gasteiger partial charge in [0.15, 0.2) is 5.78 Å². The fourth-order valence-electron chi connectivity index (χ4n) is 1.01. The number of ketones is 1. The minimum absolute atomic E-state index is 0.0263. The second kappa shape index (κ2) is 4.85. The van der Waals surface area contributed by atoms with Crippen LogP contribution in [0.5, 0.6) is 5.75 Å². The van der Waals surface area contributed by atoms with Crippen LogP contribution in [-0.2, 0) is 0 Å². The molecule has 88 valence electrons. The van der Waals surface area contributed by atoms with Crippen LogP contribution in [-0.4, -0.2) is 10.8 Å². The van der Waals surface area contributed by atoms with Crippen LogP contribution in [0.4, 0.5) is 8.78 Å². The van der Waals surface area contributed by atoms with Gasteiger partial charge in [0.2, 0.25) is 0 Å². The van der Waals surface area contributed by atoms with E-state index in [0.717, 1.165) is 6.07 Å². The van der Waals surface area contributed by atoms with Gasteiger partial charge in [-0.1, -0.05) is 23.2 Å². The molecule has 0 aliphatic heterocycles. The zero-order valence-electron chi connectivity index (χ0n) is 7.86. The zero-order chi connectivity index (χ0) is 12.5. The summed E-state index contributed by atoms with van der Waals surface area (Å²) in [5.74, 6) is -0.783. The van der Waals surface area contributed by atoms with Crippen LogP contribution in [0, 0.1) is 0 Å². The maximum absolute atomic E-state index is 12.6. The Kier molecular flexibility index (Phi) is 4.15. The van der Waals surface area contributed by atoms with Crippen molar-refractivity contribution in [2.24, 2.45) is 0 Å². The first-order valence-electron chi connectivity index (χ1n) is 3.96. The minimum Gasteiger partial charge on any atom is -0.423 e. The molecule has 0 fully saturated rings. The number of rotatable bonds is 3. The van der Waals surface area contributed by atoms with Crippen molar-refractivity contribution in [2.45, 2.75) is 11.9 Å². The third kappa shape index (κ3) is 3.57. The second-order valence-electron chi connectivity index (χ2n) is 2.87. The maximum atomic E-state index is 12.6. The number of alkyl halides is 3.